The zero-order valence-electron chi connectivity index (χ0n) is 4.70. The van der Waals surface area contributed by atoms with Crippen LogP contribution in [0.5, 0.6) is 0 Å². The molecule has 1 aromatic heterocycles. The van der Waals surface area contributed by atoms with E-state index in [1.54, 1.807) is 6.07 Å². The van der Waals surface area contributed by atoms with Crippen molar-refractivity contribution in [1.29, 1.82) is 0 Å². The van der Waals surface area contributed by atoms with Gasteiger partial charge in [-0.2, -0.15) is 0 Å². The lowest BCUT2D eigenvalue weighted by Gasteiger charge is -1.84. The van der Waals surface area contributed by atoms with Gasteiger partial charge in [0, 0.05) is 6.42 Å². The SMILES string of the molecule is O=C(S)Cc1ccoc1. The van der Waals surface area contributed by atoms with Crippen LogP contribution in [0.25, 0.3) is 0 Å². The summed E-state index contributed by atoms with van der Waals surface area (Å²) in [4.78, 5) is 10.3. The average Bonchev–Trinajstić information content (AvgIpc) is 2.15. The van der Waals surface area contributed by atoms with Crippen LogP contribution in [0.4, 0.5) is 0 Å². The minimum Gasteiger partial charge on any atom is -0.472 e. The molecule has 0 aliphatic rings. The molecular weight excluding hydrogens is 136 g/mol. The van der Waals surface area contributed by atoms with Crippen molar-refractivity contribution in [2.75, 3.05) is 0 Å². The number of hydrogen-bond donors (Lipinski definition) is 1. The number of carbonyl (C=O) groups excluding carboxylic acids is 1. The molecule has 0 spiro atoms. The highest BCUT2D eigenvalue weighted by atomic mass is 32.1. The summed E-state index contributed by atoms with van der Waals surface area (Å²) >= 11 is 3.60. The van der Waals surface area contributed by atoms with Crippen molar-refractivity contribution in [1.82, 2.24) is 0 Å². The Hall–Kier alpha value is -0.700. The number of hydrogen-bond acceptors (Lipinski definition) is 2. The van der Waals surface area contributed by atoms with Crippen molar-refractivity contribution < 1.29 is 9.21 Å². The molecule has 0 saturated carbocycles. The molecule has 3 heteroatoms. The molecule has 0 aromatic carbocycles. The van der Waals surface area contributed by atoms with E-state index in [1.807, 2.05) is 0 Å². The lowest BCUT2D eigenvalue weighted by atomic mass is 10.3. The lowest BCUT2D eigenvalue weighted by molar-refractivity contribution is -0.110. The van der Waals surface area contributed by atoms with Crippen LogP contribution >= 0.6 is 12.6 Å². The molecule has 9 heavy (non-hydrogen) atoms. The van der Waals surface area contributed by atoms with Crippen LogP contribution in [0.2, 0.25) is 0 Å². The second kappa shape index (κ2) is 2.73. The third-order valence-electron chi connectivity index (χ3n) is 0.935. The van der Waals surface area contributed by atoms with Crippen LogP contribution in [0.3, 0.4) is 0 Å². The van der Waals surface area contributed by atoms with Gasteiger partial charge in [-0.05, 0) is 11.6 Å². The van der Waals surface area contributed by atoms with E-state index in [0.717, 1.165) is 5.56 Å². The first-order valence-corrected chi connectivity index (χ1v) is 2.96. The Morgan fingerprint density at radius 2 is 2.56 bits per heavy atom. The van der Waals surface area contributed by atoms with Crippen molar-refractivity contribution in [2.24, 2.45) is 0 Å². The van der Waals surface area contributed by atoms with Gasteiger partial charge in [0.2, 0.25) is 0 Å². The first-order chi connectivity index (χ1) is 4.29. The van der Waals surface area contributed by atoms with Crippen molar-refractivity contribution in [2.45, 2.75) is 6.42 Å². The summed E-state index contributed by atoms with van der Waals surface area (Å²) in [6, 6.07) is 1.74. The van der Waals surface area contributed by atoms with Crippen molar-refractivity contribution >= 4 is 17.7 Å². The fourth-order valence-corrected chi connectivity index (χ4v) is 0.750. The monoisotopic (exact) mass is 142 g/mol. The molecule has 0 bridgehead atoms. The van der Waals surface area contributed by atoms with E-state index >= 15 is 0 Å². The summed E-state index contributed by atoms with van der Waals surface area (Å²) in [5, 5.41) is -0.142. The van der Waals surface area contributed by atoms with Gasteiger partial charge in [0.15, 0.2) is 5.12 Å². The van der Waals surface area contributed by atoms with Gasteiger partial charge in [0.05, 0.1) is 12.5 Å². The Morgan fingerprint density at radius 1 is 1.78 bits per heavy atom. The largest absolute Gasteiger partial charge is 0.472 e. The fraction of sp³-hybridized carbons (Fsp3) is 0.167. The highest BCUT2D eigenvalue weighted by Gasteiger charge is 1.97. The maximum absolute atomic E-state index is 10.3. The van der Waals surface area contributed by atoms with E-state index in [1.165, 1.54) is 12.5 Å². The van der Waals surface area contributed by atoms with Gasteiger partial charge in [-0.15, -0.1) is 12.6 Å². The Kier molecular flexibility index (Phi) is 1.95. The standard InChI is InChI=1S/C6H6O2S/c7-6(9)3-5-1-2-8-4-5/h1-2,4H,3H2,(H,7,9). The van der Waals surface area contributed by atoms with E-state index in [4.69, 9.17) is 4.42 Å². The van der Waals surface area contributed by atoms with Gasteiger partial charge < -0.3 is 4.42 Å². The smallest absolute Gasteiger partial charge is 0.190 e. The van der Waals surface area contributed by atoms with E-state index < -0.39 is 0 Å². The zero-order valence-corrected chi connectivity index (χ0v) is 5.60. The Balaban J connectivity index is 2.58. The van der Waals surface area contributed by atoms with Gasteiger partial charge >= 0.3 is 0 Å². The second-order valence-electron chi connectivity index (χ2n) is 1.70. The van der Waals surface area contributed by atoms with Crippen molar-refractivity contribution in [3.05, 3.63) is 24.2 Å². The maximum atomic E-state index is 10.3. The first-order valence-electron chi connectivity index (χ1n) is 2.52. The molecule has 0 amide bonds. The van der Waals surface area contributed by atoms with Gasteiger partial charge in [-0.3, -0.25) is 4.79 Å². The maximum Gasteiger partial charge on any atom is 0.190 e. The number of carbonyl (C=O) groups is 1. The van der Waals surface area contributed by atoms with Crippen LogP contribution in [0.1, 0.15) is 5.56 Å². The molecule has 2 nitrogen and oxygen atoms in total. The Labute approximate surface area is 58.3 Å². The molecule has 0 radical (unpaired) electrons. The van der Waals surface area contributed by atoms with E-state index in [-0.39, 0.29) is 5.12 Å². The molecule has 0 N–H and O–H groups in total. The molecule has 0 aliphatic carbocycles. The summed E-state index contributed by atoms with van der Waals surface area (Å²) < 4.78 is 4.73. The zero-order chi connectivity index (χ0) is 6.69. The molecule has 0 atom stereocenters. The number of thiol groups is 1. The number of rotatable bonds is 2. The van der Waals surface area contributed by atoms with Gasteiger partial charge in [-0.1, -0.05) is 0 Å². The Bertz CT molecular complexity index is 191. The first kappa shape index (κ1) is 6.42. The molecule has 0 fully saturated rings. The van der Waals surface area contributed by atoms with Gasteiger partial charge in [-0.25, -0.2) is 0 Å². The highest BCUT2D eigenvalue weighted by molar-refractivity contribution is 7.96. The van der Waals surface area contributed by atoms with Crippen LogP contribution in [0.15, 0.2) is 23.0 Å². The van der Waals surface area contributed by atoms with Gasteiger partial charge in [0.1, 0.15) is 0 Å². The predicted octanol–water partition coefficient (Wildman–Crippen LogP) is 1.28. The van der Waals surface area contributed by atoms with E-state index in [0.29, 0.717) is 6.42 Å². The third-order valence-corrected chi connectivity index (χ3v) is 1.09. The summed E-state index contributed by atoms with van der Waals surface area (Å²) in [6.07, 6.45) is 3.42. The number of furan rings is 1. The minimum absolute atomic E-state index is 0.142. The van der Waals surface area contributed by atoms with Crippen molar-refractivity contribution in [3.8, 4) is 0 Å². The quantitative estimate of drug-likeness (QED) is 0.630. The lowest BCUT2D eigenvalue weighted by Crippen LogP contribution is -1.89. The summed E-state index contributed by atoms with van der Waals surface area (Å²) in [6.45, 7) is 0. The summed E-state index contributed by atoms with van der Waals surface area (Å²) in [5.74, 6) is 0. The normalized spacial score (nSPS) is 9.44. The topological polar surface area (TPSA) is 30.2 Å². The summed E-state index contributed by atoms with van der Waals surface area (Å²) in [5.41, 5.74) is 0.870. The molecule has 1 rings (SSSR count). The molecule has 0 saturated heterocycles. The minimum atomic E-state index is -0.142. The average molecular weight is 142 g/mol. The van der Waals surface area contributed by atoms with Crippen LogP contribution in [0, 0.1) is 0 Å². The van der Waals surface area contributed by atoms with Crippen molar-refractivity contribution in [3.63, 3.8) is 0 Å². The van der Waals surface area contributed by atoms with Crippen LogP contribution < -0.4 is 0 Å². The third kappa shape index (κ3) is 1.93. The molecule has 48 valence electrons. The van der Waals surface area contributed by atoms with E-state index in [9.17, 15) is 4.79 Å². The van der Waals surface area contributed by atoms with Crippen LogP contribution in [-0.2, 0) is 11.2 Å². The fourth-order valence-electron chi connectivity index (χ4n) is 0.568. The molecule has 1 heterocycles. The molecule has 0 unspecified atom stereocenters. The Morgan fingerprint density at radius 3 is 3.00 bits per heavy atom. The van der Waals surface area contributed by atoms with Gasteiger partial charge in [0.25, 0.3) is 0 Å². The van der Waals surface area contributed by atoms with E-state index in [2.05, 4.69) is 12.6 Å². The highest BCUT2D eigenvalue weighted by Crippen LogP contribution is 2.01. The molecule has 1 aromatic rings. The molecular formula is C6H6O2S. The second-order valence-corrected chi connectivity index (χ2v) is 2.20. The molecule has 0 aliphatic heterocycles. The predicted molar refractivity (Wildman–Crippen MR) is 36.4 cm³/mol. The summed E-state index contributed by atoms with van der Waals surface area (Å²) in [7, 11) is 0. The van der Waals surface area contributed by atoms with Crippen LogP contribution in [-0.4, -0.2) is 5.12 Å².